The predicted molar refractivity (Wildman–Crippen MR) is 131 cm³/mol. The normalized spacial score (nSPS) is 27.2. The highest BCUT2D eigenvalue weighted by molar-refractivity contribution is 5.81. The third kappa shape index (κ3) is 3.97. The minimum atomic E-state index is -0.613. The van der Waals surface area contributed by atoms with Crippen molar-refractivity contribution in [1.29, 1.82) is 0 Å². The molecule has 0 amide bonds. The molecular formula is C27H29N5O3. The lowest BCUT2D eigenvalue weighted by atomic mass is 9.89. The molecule has 0 aliphatic heterocycles. The van der Waals surface area contributed by atoms with Crippen LogP contribution in [0.1, 0.15) is 23.6 Å². The lowest BCUT2D eigenvalue weighted by molar-refractivity contribution is -0.0306. The molecule has 6 rings (SSSR count). The van der Waals surface area contributed by atoms with E-state index in [0.29, 0.717) is 43.4 Å². The molecule has 2 fully saturated rings. The van der Waals surface area contributed by atoms with Crippen LogP contribution in [0.15, 0.2) is 73.3 Å². The van der Waals surface area contributed by atoms with Gasteiger partial charge < -0.3 is 24.9 Å². The maximum absolute atomic E-state index is 11.6. The molecule has 0 unspecified atom stereocenters. The largest absolute Gasteiger partial charge is 0.391 e. The summed E-state index contributed by atoms with van der Waals surface area (Å²) in [6.45, 7) is 2.09. The first kappa shape index (κ1) is 22.2. The molecular weight excluding hydrogens is 442 g/mol. The summed E-state index contributed by atoms with van der Waals surface area (Å²) in [7, 11) is 0. The van der Waals surface area contributed by atoms with Crippen molar-refractivity contribution in [3.8, 4) is 0 Å². The van der Waals surface area contributed by atoms with E-state index in [1.807, 2.05) is 53.1 Å². The number of aromatic nitrogens is 4. The van der Waals surface area contributed by atoms with Crippen molar-refractivity contribution in [3.05, 3.63) is 84.4 Å². The van der Waals surface area contributed by atoms with Crippen molar-refractivity contribution in [3.63, 3.8) is 0 Å². The summed E-state index contributed by atoms with van der Waals surface area (Å²) < 4.78 is 14.3. The van der Waals surface area contributed by atoms with Gasteiger partial charge in [0.25, 0.3) is 0 Å². The fraction of sp³-hybridized carbons (Fsp3) is 0.370. The van der Waals surface area contributed by atoms with Gasteiger partial charge in [-0.3, -0.25) is 0 Å². The van der Waals surface area contributed by atoms with Crippen LogP contribution in [0.3, 0.4) is 0 Å². The number of hydrogen-bond donors (Lipinski definition) is 2. The molecule has 2 heterocycles. The lowest BCUT2D eigenvalue weighted by Gasteiger charge is -2.28. The number of hydrogen-bond acceptors (Lipinski definition) is 7. The third-order valence-electron chi connectivity index (χ3n) is 7.69. The summed E-state index contributed by atoms with van der Waals surface area (Å²) in [5.41, 5.74) is 9.34. The van der Waals surface area contributed by atoms with E-state index in [4.69, 9.17) is 15.2 Å². The highest BCUT2D eigenvalue weighted by atomic mass is 16.5. The third-order valence-corrected chi connectivity index (χ3v) is 7.69. The van der Waals surface area contributed by atoms with Crippen LogP contribution in [0.5, 0.6) is 0 Å². The number of anilines is 1. The highest BCUT2D eigenvalue weighted by Gasteiger charge is 2.71. The zero-order chi connectivity index (χ0) is 23.8. The molecule has 0 bridgehead atoms. The van der Waals surface area contributed by atoms with E-state index in [9.17, 15) is 5.11 Å². The van der Waals surface area contributed by atoms with Gasteiger partial charge in [-0.2, -0.15) is 0 Å². The van der Waals surface area contributed by atoms with Gasteiger partial charge in [0.15, 0.2) is 11.5 Å². The second-order valence-corrected chi connectivity index (χ2v) is 9.69. The Balaban J connectivity index is 1.23. The maximum Gasteiger partial charge on any atom is 0.165 e. The summed E-state index contributed by atoms with van der Waals surface area (Å²) in [6.07, 6.45) is 3.52. The zero-order valence-corrected chi connectivity index (χ0v) is 19.4. The number of nitrogen functional groups attached to an aromatic ring is 1. The molecule has 8 nitrogen and oxygen atoms in total. The first-order valence-electron chi connectivity index (χ1n) is 12.0. The van der Waals surface area contributed by atoms with E-state index in [-0.39, 0.29) is 23.3 Å². The quantitative estimate of drug-likeness (QED) is 0.385. The van der Waals surface area contributed by atoms with E-state index in [1.165, 1.54) is 6.33 Å². The molecule has 0 radical (unpaired) electrons. The Morgan fingerprint density at radius 3 is 2.34 bits per heavy atom. The summed E-state index contributed by atoms with van der Waals surface area (Å²) in [5.74, 6) is 0.526. The summed E-state index contributed by atoms with van der Waals surface area (Å²) in [6, 6.07) is 20.1. The van der Waals surface area contributed by atoms with Crippen LogP contribution in [-0.2, 0) is 22.7 Å². The van der Waals surface area contributed by atoms with E-state index in [0.717, 1.165) is 17.5 Å². The molecule has 5 atom stereocenters. The highest BCUT2D eigenvalue weighted by Crippen LogP contribution is 2.70. The van der Waals surface area contributed by atoms with Gasteiger partial charge in [0.05, 0.1) is 44.9 Å². The number of rotatable bonds is 9. The van der Waals surface area contributed by atoms with Crippen LogP contribution < -0.4 is 5.73 Å². The molecule has 2 aliphatic rings. The Bertz CT molecular complexity index is 1300. The SMILES string of the molecule is Nc1ncnc2c1ncn2[C@H]1[C@H](O)[C@H](COCc2ccccc2)[C@]2(COCc3ccccc3)C[C@H]12. The van der Waals surface area contributed by atoms with Gasteiger partial charge in [-0.05, 0) is 23.5 Å². The van der Waals surface area contributed by atoms with Gasteiger partial charge in [0.2, 0.25) is 0 Å². The maximum atomic E-state index is 11.6. The average Bonchev–Trinajstić information content (AvgIpc) is 3.33. The molecule has 4 aromatic rings. The first-order valence-corrected chi connectivity index (χ1v) is 12.0. The molecule has 8 heteroatoms. The standard InChI is InChI=1S/C27H29N5O3/c28-25-22-26(30-16-29-25)32(17-31-22)23-20-11-27(20,15-35-13-19-9-5-2-6-10-19)21(24(23)33)14-34-12-18-7-3-1-4-8-18/h1-10,16-17,20-21,23-24,33H,11-15H2,(H2,28,29,30)/t20-,21+,23-,24-,27+/m1/s1. The number of nitrogens with two attached hydrogens (primary N) is 1. The van der Waals surface area contributed by atoms with Gasteiger partial charge in [-0.1, -0.05) is 60.7 Å². The number of aliphatic hydroxyl groups is 1. The van der Waals surface area contributed by atoms with Crippen LogP contribution >= 0.6 is 0 Å². The Kier molecular flexibility index (Phi) is 5.72. The zero-order valence-electron chi connectivity index (χ0n) is 19.4. The molecule has 2 aromatic heterocycles. The number of imidazole rings is 1. The minimum Gasteiger partial charge on any atom is -0.391 e. The van der Waals surface area contributed by atoms with Gasteiger partial charge in [0.1, 0.15) is 11.8 Å². The Labute approximate surface area is 203 Å². The molecule has 180 valence electrons. The van der Waals surface area contributed by atoms with Crippen molar-refractivity contribution in [2.75, 3.05) is 18.9 Å². The van der Waals surface area contributed by atoms with Crippen LogP contribution in [0, 0.1) is 17.3 Å². The second-order valence-electron chi connectivity index (χ2n) is 9.69. The predicted octanol–water partition coefficient (Wildman–Crippen LogP) is 3.38. The van der Waals surface area contributed by atoms with Crippen LogP contribution in [0.2, 0.25) is 0 Å². The molecule has 2 aromatic carbocycles. The molecule has 3 N–H and O–H groups in total. The topological polar surface area (TPSA) is 108 Å². The van der Waals surface area contributed by atoms with E-state index >= 15 is 0 Å². The molecule has 0 spiro atoms. The fourth-order valence-corrected chi connectivity index (χ4v) is 5.85. The average molecular weight is 472 g/mol. The first-order chi connectivity index (χ1) is 17.2. The van der Waals surface area contributed by atoms with Crippen LogP contribution in [0.4, 0.5) is 5.82 Å². The summed E-state index contributed by atoms with van der Waals surface area (Å²) >= 11 is 0. The van der Waals surface area contributed by atoms with Crippen molar-refractivity contribution >= 4 is 17.0 Å². The number of ether oxygens (including phenoxy) is 2. The summed E-state index contributed by atoms with van der Waals surface area (Å²) in [4.78, 5) is 12.9. The van der Waals surface area contributed by atoms with Gasteiger partial charge >= 0.3 is 0 Å². The Morgan fingerprint density at radius 1 is 0.943 bits per heavy atom. The lowest BCUT2D eigenvalue weighted by Crippen LogP contribution is -2.34. The number of benzene rings is 2. The van der Waals surface area contributed by atoms with Crippen molar-refractivity contribution < 1.29 is 14.6 Å². The Morgan fingerprint density at radius 2 is 1.63 bits per heavy atom. The van der Waals surface area contributed by atoms with Gasteiger partial charge in [-0.25, -0.2) is 15.0 Å². The minimum absolute atomic E-state index is 0.0615. The van der Waals surface area contributed by atoms with Crippen LogP contribution in [0.25, 0.3) is 11.2 Å². The second kappa shape index (κ2) is 9.03. The van der Waals surface area contributed by atoms with Crippen molar-refractivity contribution in [1.82, 2.24) is 19.5 Å². The van der Waals surface area contributed by atoms with Crippen LogP contribution in [-0.4, -0.2) is 43.9 Å². The van der Waals surface area contributed by atoms with Crippen molar-refractivity contribution in [2.24, 2.45) is 17.3 Å². The monoisotopic (exact) mass is 471 g/mol. The molecule has 0 saturated heterocycles. The number of nitrogens with zero attached hydrogens (tertiary/aromatic N) is 4. The van der Waals surface area contributed by atoms with E-state index in [1.54, 1.807) is 6.33 Å². The Hall–Kier alpha value is -3.33. The molecule has 2 aliphatic carbocycles. The van der Waals surface area contributed by atoms with Crippen molar-refractivity contribution in [2.45, 2.75) is 31.8 Å². The van der Waals surface area contributed by atoms with Gasteiger partial charge in [0, 0.05) is 11.3 Å². The fourth-order valence-electron chi connectivity index (χ4n) is 5.85. The summed E-state index contributed by atoms with van der Waals surface area (Å²) in [5, 5.41) is 11.6. The number of aliphatic hydroxyl groups excluding tert-OH is 1. The van der Waals surface area contributed by atoms with E-state index in [2.05, 4.69) is 27.1 Å². The number of fused-ring (bicyclic) bond motifs is 2. The van der Waals surface area contributed by atoms with Gasteiger partial charge in [-0.15, -0.1) is 0 Å². The van der Waals surface area contributed by atoms with E-state index < -0.39 is 6.10 Å². The molecule has 35 heavy (non-hydrogen) atoms. The molecule has 2 saturated carbocycles. The smallest absolute Gasteiger partial charge is 0.165 e.